The number of hydrogen-bond donors (Lipinski definition) is 2. The molecule has 156 valence electrons. The molecular weight excluding hydrogens is 407 g/mol. The predicted molar refractivity (Wildman–Crippen MR) is 116 cm³/mol. The van der Waals surface area contributed by atoms with Crippen LogP contribution in [0.1, 0.15) is 18.1 Å². The minimum absolute atomic E-state index is 0.0291. The van der Waals surface area contributed by atoms with Crippen molar-refractivity contribution in [2.24, 2.45) is 0 Å². The third-order valence-corrected chi connectivity index (χ3v) is 5.40. The van der Waals surface area contributed by atoms with E-state index in [9.17, 15) is 17.6 Å². The van der Waals surface area contributed by atoms with Crippen LogP contribution in [0.4, 0.5) is 10.1 Å². The van der Waals surface area contributed by atoms with Crippen molar-refractivity contribution in [1.29, 1.82) is 0 Å². The van der Waals surface area contributed by atoms with Gasteiger partial charge in [0.05, 0.1) is 0 Å². The van der Waals surface area contributed by atoms with E-state index in [-0.39, 0.29) is 17.0 Å². The molecule has 0 aliphatic rings. The van der Waals surface area contributed by atoms with E-state index in [4.69, 9.17) is 4.74 Å². The summed E-state index contributed by atoms with van der Waals surface area (Å²) < 4.78 is 46.2. The summed E-state index contributed by atoms with van der Waals surface area (Å²) in [5, 5.41) is 0.800. The molecular formula is C22H21FN2O4S. The van der Waals surface area contributed by atoms with Crippen molar-refractivity contribution in [3.63, 3.8) is 0 Å². The van der Waals surface area contributed by atoms with Crippen LogP contribution < -0.4 is 15.0 Å². The van der Waals surface area contributed by atoms with E-state index in [1.54, 1.807) is 25.1 Å². The molecule has 0 fully saturated rings. The van der Waals surface area contributed by atoms with Crippen LogP contribution in [0.15, 0.2) is 65.4 Å². The Morgan fingerprint density at radius 3 is 2.57 bits per heavy atom. The first-order valence-electron chi connectivity index (χ1n) is 9.17. The van der Waals surface area contributed by atoms with Crippen molar-refractivity contribution in [3.05, 3.63) is 87.9 Å². The Labute approximate surface area is 174 Å². The first-order chi connectivity index (χ1) is 14.2. The first kappa shape index (κ1) is 21.3. The number of aromatic amines is 1. The standard InChI is InChI=1S/C22H21FN2O4S/c1-4-15-11-16(13-24-22(15)26)18-12-17(25-30(27,28)5-2)7-9-20(18)29-21-8-6-14(3)10-19(21)23/h5-13,25H,2,4H2,1,3H3,(H,24,26). The monoisotopic (exact) mass is 428 g/mol. The number of aryl methyl sites for hydroxylation is 2. The number of sulfonamides is 1. The summed E-state index contributed by atoms with van der Waals surface area (Å²) in [5.41, 5.74) is 2.43. The maximum Gasteiger partial charge on any atom is 0.254 e. The van der Waals surface area contributed by atoms with Crippen molar-refractivity contribution in [1.82, 2.24) is 4.98 Å². The average molecular weight is 428 g/mol. The fourth-order valence-electron chi connectivity index (χ4n) is 2.87. The third-order valence-electron chi connectivity index (χ3n) is 4.44. The van der Waals surface area contributed by atoms with Crippen molar-refractivity contribution in [2.75, 3.05) is 4.72 Å². The van der Waals surface area contributed by atoms with Gasteiger partial charge in [0.2, 0.25) is 0 Å². The minimum Gasteiger partial charge on any atom is -0.454 e. The van der Waals surface area contributed by atoms with Gasteiger partial charge in [-0.3, -0.25) is 9.52 Å². The Bertz CT molecular complexity index is 1270. The maximum atomic E-state index is 14.3. The van der Waals surface area contributed by atoms with Gasteiger partial charge in [-0.05, 0) is 55.3 Å². The van der Waals surface area contributed by atoms with Crippen molar-refractivity contribution < 1.29 is 17.5 Å². The van der Waals surface area contributed by atoms with E-state index in [0.29, 0.717) is 28.9 Å². The van der Waals surface area contributed by atoms with Gasteiger partial charge in [-0.1, -0.05) is 19.6 Å². The highest BCUT2D eigenvalue weighted by molar-refractivity contribution is 7.95. The first-order valence-corrected chi connectivity index (χ1v) is 10.7. The molecule has 0 atom stereocenters. The van der Waals surface area contributed by atoms with E-state index < -0.39 is 15.8 Å². The Balaban J connectivity index is 2.13. The quantitative estimate of drug-likeness (QED) is 0.569. The number of pyridine rings is 1. The molecule has 0 radical (unpaired) electrons. The summed E-state index contributed by atoms with van der Waals surface area (Å²) in [6, 6.07) is 10.9. The lowest BCUT2D eigenvalue weighted by Crippen LogP contribution is -2.11. The van der Waals surface area contributed by atoms with Gasteiger partial charge in [-0.25, -0.2) is 12.8 Å². The molecule has 3 aromatic rings. The van der Waals surface area contributed by atoms with Gasteiger partial charge in [-0.2, -0.15) is 0 Å². The summed E-state index contributed by atoms with van der Waals surface area (Å²) in [6.45, 7) is 6.89. The smallest absolute Gasteiger partial charge is 0.254 e. The number of nitrogens with one attached hydrogen (secondary N) is 2. The molecule has 0 aliphatic carbocycles. The fourth-order valence-corrected chi connectivity index (χ4v) is 3.41. The molecule has 0 bridgehead atoms. The van der Waals surface area contributed by atoms with E-state index in [1.807, 2.05) is 6.92 Å². The number of ether oxygens (including phenoxy) is 1. The van der Waals surface area contributed by atoms with E-state index in [1.165, 1.54) is 30.5 Å². The SMILES string of the molecule is C=CS(=O)(=O)Nc1ccc(Oc2ccc(C)cc2F)c(-c2c[nH]c(=O)c(CC)c2)c1. The summed E-state index contributed by atoms with van der Waals surface area (Å²) in [4.78, 5) is 14.6. The molecule has 2 N–H and O–H groups in total. The lowest BCUT2D eigenvalue weighted by molar-refractivity contribution is 0.443. The number of halogens is 1. The molecule has 2 aromatic carbocycles. The predicted octanol–water partition coefficient (Wildman–Crippen LogP) is 4.73. The summed E-state index contributed by atoms with van der Waals surface area (Å²) >= 11 is 0. The lowest BCUT2D eigenvalue weighted by Gasteiger charge is -2.15. The van der Waals surface area contributed by atoms with Crippen molar-refractivity contribution in [2.45, 2.75) is 20.3 Å². The highest BCUT2D eigenvalue weighted by Crippen LogP contribution is 2.36. The van der Waals surface area contributed by atoms with Crippen LogP contribution in [0.3, 0.4) is 0 Å². The molecule has 3 rings (SSSR count). The Morgan fingerprint density at radius 1 is 1.17 bits per heavy atom. The van der Waals surface area contributed by atoms with E-state index >= 15 is 0 Å². The number of anilines is 1. The second-order valence-corrected chi connectivity index (χ2v) is 8.28. The summed E-state index contributed by atoms with van der Waals surface area (Å²) in [6.07, 6.45) is 2.01. The van der Waals surface area contributed by atoms with Crippen molar-refractivity contribution >= 4 is 15.7 Å². The second kappa shape index (κ2) is 8.54. The molecule has 0 unspecified atom stereocenters. The zero-order valence-corrected chi connectivity index (χ0v) is 17.3. The lowest BCUT2D eigenvalue weighted by atomic mass is 10.0. The maximum absolute atomic E-state index is 14.3. The van der Waals surface area contributed by atoms with Crippen molar-refractivity contribution in [3.8, 4) is 22.6 Å². The molecule has 1 aromatic heterocycles. The van der Waals surface area contributed by atoms with Gasteiger partial charge in [0.15, 0.2) is 11.6 Å². The zero-order valence-electron chi connectivity index (χ0n) is 16.5. The number of benzene rings is 2. The van der Waals surface area contributed by atoms with Crippen LogP contribution in [0.2, 0.25) is 0 Å². The summed E-state index contributed by atoms with van der Waals surface area (Å²) in [5.74, 6) is -0.192. The van der Waals surface area contributed by atoms with Gasteiger partial charge in [-0.15, -0.1) is 0 Å². The van der Waals surface area contributed by atoms with Gasteiger partial charge >= 0.3 is 0 Å². The summed E-state index contributed by atoms with van der Waals surface area (Å²) in [7, 11) is -3.72. The van der Waals surface area contributed by atoms with Crippen LogP contribution in [0.5, 0.6) is 11.5 Å². The number of hydrogen-bond acceptors (Lipinski definition) is 4. The Kier molecular flexibility index (Phi) is 6.07. The largest absolute Gasteiger partial charge is 0.454 e. The van der Waals surface area contributed by atoms with Crippen LogP contribution in [0.25, 0.3) is 11.1 Å². The molecule has 0 saturated carbocycles. The fraction of sp³-hybridized carbons (Fsp3) is 0.136. The zero-order chi connectivity index (χ0) is 21.9. The highest BCUT2D eigenvalue weighted by atomic mass is 32.2. The van der Waals surface area contributed by atoms with Gasteiger partial charge in [0.25, 0.3) is 15.6 Å². The molecule has 0 spiro atoms. The Morgan fingerprint density at radius 2 is 1.90 bits per heavy atom. The third kappa shape index (κ3) is 4.77. The van der Waals surface area contributed by atoms with E-state index in [2.05, 4.69) is 16.3 Å². The van der Waals surface area contributed by atoms with Gasteiger partial charge in [0.1, 0.15) is 5.75 Å². The minimum atomic E-state index is -3.72. The number of rotatable bonds is 7. The van der Waals surface area contributed by atoms with Crippen LogP contribution in [-0.4, -0.2) is 13.4 Å². The normalized spacial score (nSPS) is 11.2. The van der Waals surface area contributed by atoms with Crippen LogP contribution >= 0.6 is 0 Å². The second-order valence-electron chi connectivity index (χ2n) is 6.66. The molecule has 0 amide bonds. The Hall–Kier alpha value is -3.39. The molecule has 0 aliphatic heterocycles. The van der Waals surface area contributed by atoms with Crippen LogP contribution in [0, 0.1) is 12.7 Å². The molecule has 8 heteroatoms. The number of aromatic nitrogens is 1. The molecule has 6 nitrogen and oxygen atoms in total. The van der Waals surface area contributed by atoms with Crippen LogP contribution in [-0.2, 0) is 16.4 Å². The molecule has 1 heterocycles. The van der Waals surface area contributed by atoms with Gasteiger partial charge < -0.3 is 9.72 Å². The highest BCUT2D eigenvalue weighted by Gasteiger charge is 2.15. The average Bonchev–Trinajstić information content (AvgIpc) is 2.71. The molecule has 0 saturated heterocycles. The van der Waals surface area contributed by atoms with Gasteiger partial charge in [0, 0.05) is 34.0 Å². The van der Waals surface area contributed by atoms with E-state index in [0.717, 1.165) is 11.0 Å². The number of H-pyrrole nitrogens is 1. The topological polar surface area (TPSA) is 88.3 Å². The molecule has 30 heavy (non-hydrogen) atoms.